The van der Waals surface area contributed by atoms with E-state index in [0.717, 1.165) is 51.5 Å². The Morgan fingerprint density at radius 1 is 1.10 bits per heavy atom. The second kappa shape index (κ2) is 14.8. The normalized spacial score (nSPS) is 17.8. The van der Waals surface area contributed by atoms with Crippen molar-refractivity contribution < 1.29 is 9.47 Å². The first-order valence-corrected chi connectivity index (χ1v) is 11.3. The number of rotatable bonds is 9. The highest BCUT2D eigenvalue weighted by atomic mass is 127. The summed E-state index contributed by atoms with van der Waals surface area (Å²) in [6.45, 7) is 6.92. The summed E-state index contributed by atoms with van der Waals surface area (Å²) < 4.78 is 11.4. The van der Waals surface area contributed by atoms with Crippen LogP contribution >= 0.6 is 24.0 Å². The summed E-state index contributed by atoms with van der Waals surface area (Å²) in [7, 11) is 0. The third kappa shape index (κ3) is 9.35. The number of ether oxygens (including phenoxy) is 2. The molecule has 30 heavy (non-hydrogen) atoms. The predicted molar refractivity (Wildman–Crippen MR) is 134 cm³/mol. The van der Waals surface area contributed by atoms with Gasteiger partial charge in [-0.2, -0.15) is 0 Å². The van der Waals surface area contributed by atoms with Crippen LogP contribution in [0.5, 0.6) is 0 Å². The van der Waals surface area contributed by atoms with Crippen molar-refractivity contribution in [2.24, 2.45) is 4.99 Å². The van der Waals surface area contributed by atoms with E-state index in [-0.39, 0.29) is 24.0 Å². The highest BCUT2D eigenvalue weighted by Crippen LogP contribution is 2.19. The van der Waals surface area contributed by atoms with Gasteiger partial charge in [-0.1, -0.05) is 35.9 Å². The fraction of sp³-hybridized carbons (Fsp3) is 0.625. The molecule has 0 aromatic heterocycles. The maximum absolute atomic E-state index is 6.00. The third-order valence-electron chi connectivity index (χ3n) is 5.56. The Bertz CT molecular complexity index is 655. The maximum Gasteiger partial charge on any atom is 0.191 e. The average molecular weight is 527 g/mol. The second-order valence-electron chi connectivity index (χ2n) is 7.92. The zero-order valence-electron chi connectivity index (χ0n) is 18.3. The van der Waals surface area contributed by atoms with Crippen LogP contribution in [-0.2, 0) is 22.6 Å². The topological polar surface area (TPSA) is 54.9 Å². The lowest BCUT2D eigenvalue weighted by atomic mass is 9.97. The van der Waals surface area contributed by atoms with E-state index in [0.29, 0.717) is 19.3 Å². The first kappa shape index (κ1) is 25.1. The molecule has 0 atom stereocenters. The molecule has 0 spiro atoms. The summed E-state index contributed by atoms with van der Waals surface area (Å²) in [5.74, 6) is 0.899. The van der Waals surface area contributed by atoms with Gasteiger partial charge in [-0.05, 0) is 63.0 Å². The van der Waals surface area contributed by atoms with E-state index >= 15 is 0 Å². The molecule has 1 aliphatic heterocycles. The van der Waals surface area contributed by atoms with Crippen molar-refractivity contribution in [2.45, 2.75) is 71.1 Å². The fourth-order valence-electron chi connectivity index (χ4n) is 3.78. The first-order valence-electron chi connectivity index (χ1n) is 11.3. The molecule has 1 saturated heterocycles. The number of hydrogen-bond donors (Lipinski definition) is 2. The molecule has 3 rings (SSSR count). The van der Waals surface area contributed by atoms with Crippen LogP contribution in [0.1, 0.15) is 63.0 Å². The number of allylic oxidation sites excluding steroid dienone is 1. The average Bonchev–Trinajstić information content (AvgIpc) is 2.78. The maximum atomic E-state index is 6.00. The largest absolute Gasteiger partial charge is 0.381 e. The van der Waals surface area contributed by atoms with Crippen LogP contribution in [0.25, 0.3) is 0 Å². The van der Waals surface area contributed by atoms with Crippen molar-refractivity contribution >= 4 is 29.9 Å². The summed E-state index contributed by atoms with van der Waals surface area (Å²) in [4.78, 5) is 4.75. The molecule has 1 aliphatic carbocycles. The zero-order chi connectivity index (χ0) is 20.2. The number of nitrogens with zero attached hydrogens (tertiary/aromatic N) is 1. The standard InChI is InChI=1S/C24H37N3O2.HI/c1-2-25-24(26-15-12-20-6-4-3-5-7-20)27-18-21-8-10-22(11-9-21)19-29-23-13-16-28-17-14-23;/h6,8-11,23H,2-5,7,12-19H2,1H3,(H2,25,26,27);1H. The van der Waals surface area contributed by atoms with Crippen molar-refractivity contribution in [3.05, 3.63) is 47.0 Å². The Kier molecular flexibility index (Phi) is 12.4. The van der Waals surface area contributed by atoms with Gasteiger partial charge in [0.05, 0.1) is 19.3 Å². The molecule has 2 N–H and O–H groups in total. The van der Waals surface area contributed by atoms with Crippen LogP contribution in [0, 0.1) is 0 Å². The van der Waals surface area contributed by atoms with Crippen LogP contribution in [0.15, 0.2) is 40.9 Å². The Labute approximate surface area is 199 Å². The van der Waals surface area contributed by atoms with E-state index in [9.17, 15) is 0 Å². The molecule has 1 aromatic rings. The summed E-state index contributed by atoms with van der Waals surface area (Å²) in [5, 5.41) is 6.82. The number of benzene rings is 1. The molecule has 1 aromatic carbocycles. The van der Waals surface area contributed by atoms with Crippen LogP contribution in [-0.4, -0.2) is 38.4 Å². The Hall–Kier alpha value is -1.12. The molecular formula is C24H38IN3O2. The van der Waals surface area contributed by atoms with Crippen LogP contribution in [0.2, 0.25) is 0 Å². The molecule has 0 amide bonds. The van der Waals surface area contributed by atoms with E-state index < -0.39 is 0 Å². The SMILES string of the molecule is CCNC(=NCc1ccc(COC2CCOCC2)cc1)NCCC1=CCCCC1.I. The highest BCUT2D eigenvalue weighted by Gasteiger charge is 2.13. The van der Waals surface area contributed by atoms with E-state index in [1.165, 1.54) is 36.8 Å². The number of nitrogens with one attached hydrogen (secondary N) is 2. The lowest BCUT2D eigenvalue weighted by molar-refractivity contribution is -0.0390. The van der Waals surface area contributed by atoms with Crippen LogP contribution in [0.3, 0.4) is 0 Å². The smallest absolute Gasteiger partial charge is 0.191 e. The van der Waals surface area contributed by atoms with Crippen molar-refractivity contribution in [1.29, 1.82) is 0 Å². The number of hydrogen-bond acceptors (Lipinski definition) is 3. The van der Waals surface area contributed by atoms with Gasteiger partial charge in [-0.3, -0.25) is 0 Å². The van der Waals surface area contributed by atoms with E-state index in [2.05, 4.69) is 47.9 Å². The lowest BCUT2D eigenvalue weighted by Crippen LogP contribution is -2.37. The Morgan fingerprint density at radius 3 is 2.57 bits per heavy atom. The molecule has 0 bridgehead atoms. The minimum absolute atomic E-state index is 0. The van der Waals surface area contributed by atoms with E-state index in [1.807, 2.05) is 0 Å². The highest BCUT2D eigenvalue weighted by molar-refractivity contribution is 14.0. The zero-order valence-corrected chi connectivity index (χ0v) is 20.7. The molecule has 1 fully saturated rings. The summed E-state index contributed by atoms with van der Waals surface area (Å²) >= 11 is 0. The van der Waals surface area contributed by atoms with Crippen LogP contribution in [0.4, 0.5) is 0 Å². The second-order valence-corrected chi connectivity index (χ2v) is 7.92. The molecule has 0 radical (unpaired) electrons. The summed E-state index contributed by atoms with van der Waals surface area (Å²) in [6, 6.07) is 8.62. The van der Waals surface area contributed by atoms with E-state index in [1.54, 1.807) is 5.57 Å². The van der Waals surface area contributed by atoms with Gasteiger partial charge in [0.25, 0.3) is 0 Å². The quantitative estimate of drug-likeness (QED) is 0.207. The minimum Gasteiger partial charge on any atom is -0.381 e. The van der Waals surface area contributed by atoms with Crippen molar-refractivity contribution in [2.75, 3.05) is 26.3 Å². The molecule has 5 nitrogen and oxygen atoms in total. The fourth-order valence-corrected chi connectivity index (χ4v) is 3.78. The number of aliphatic imine (C=N–C) groups is 1. The van der Waals surface area contributed by atoms with Crippen molar-refractivity contribution in [3.63, 3.8) is 0 Å². The summed E-state index contributed by atoms with van der Waals surface area (Å²) in [5.41, 5.74) is 4.03. The molecule has 2 aliphatic rings. The third-order valence-corrected chi connectivity index (χ3v) is 5.56. The lowest BCUT2D eigenvalue weighted by Gasteiger charge is -2.22. The van der Waals surface area contributed by atoms with Gasteiger partial charge in [0, 0.05) is 26.3 Å². The van der Waals surface area contributed by atoms with Gasteiger partial charge in [0.1, 0.15) is 0 Å². The van der Waals surface area contributed by atoms with Crippen molar-refractivity contribution in [1.82, 2.24) is 10.6 Å². The van der Waals surface area contributed by atoms with Gasteiger partial charge >= 0.3 is 0 Å². The summed E-state index contributed by atoms with van der Waals surface area (Å²) in [6.07, 6.45) is 11.1. The molecular weight excluding hydrogens is 489 g/mol. The number of halogens is 1. The minimum atomic E-state index is 0. The van der Waals surface area contributed by atoms with Gasteiger partial charge < -0.3 is 20.1 Å². The predicted octanol–water partition coefficient (Wildman–Crippen LogP) is 4.95. The Morgan fingerprint density at radius 2 is 1.87 bits per heavy atom. The van der Waals surface area contributed by atoms with Crippen LogP contribution < -0.4 is 10.6 Å². The van der Waals surface area contributed by atoms with E-state index in [4.69, 9.17) is 14.5 Å². The van der Waals surface area contributed by atoms with Gasteiger partial charge in [-0.15, -0.1) is 24.0 Å². The molecule has 0 saturated carbocycles. The van der Waals surface area contributed by atoms with Gasteiger partial charge in [0.15, 0.2) is 5.96 Å². The molecule has 6 heteroatoms. The molecule has 0 unspecified atom stereocenters. The Balaban J connectivity index is 0.00000320. The molecule has 1 heterocycles. The number of guanidine groups is 1. The van der Waals surface area contributed by atoms with Gasteiger partial charge in [-0.25, -0.2) is 4.99 Å². The molecule has 168 valence electrons. The van der Waals surface area contributed by atoms with Crippen molar-refractivity contribution in [3.8, 4) is 0 Å². The monoisotopic (exact) mass is 527 g/mol. The van der Waals surface area contributed by atoms with Gasteiger partial charge in [0.2, 0.25) is 0 Å². The first-order chi connectivity index (χ1) is 14.3.